The first-order chi connectivity index (χ1) is 3.71. The van der Waals surface area contributed by atoms with Gasteiger partial charge >= 0.3 is 0 Å². The maximum atomic E-state index is 10.6. The fourth-order valence-corrected chi connectivity index (χ4v) is 4.09. The van der Waals surface area contributed by atoms with E-state index in [4.69, 9.17) is 0 Å². The van der Waals surface area contributed by atoms with E-state index in [0.717, 1.165) is 10.8 Å². The minimum Gasteiger partial charge on any atom is -0.218 e. The summed E-state index contributed by atoms with van der Waals surface area (Å²) in [7, 11) is -1.88. The molecule has 0 saturated heterocycles. The number of rotatable bonds is 1. The normalized spacial score (nSPS) is 12.4. The van der Waals surface area contributed by atoms with E-state index in [2.05, 4.69) is 0 Å². The molecule has 4 heteroatoms. The summed E-state index contributed by atoms with van der Waals surface area (Å²) in [4.78, 5) is 0. The van der Waals surface area contributed by atoms with Crippen LogP contribution in [0.15, 0.2) is 0 Å². The Kier molecular flexibility index (Phi) is 4.68. The van der Waals surface area contributed by atoms with Crippen LogP contribution < -0.4 is 0 Å². The first-order valence-corrected chi connectivity index (χ1v) is 5.84. The molecule has 0 aliphatic heterocycles. The zero-order valence-electron chi connectivity index (χ0n) is 6.13. The number of hydrogen-bond donors (Lipinski definition) is 0. The molecule has 0 fully saturated rings. The first kappa shape index (κ1) is 12.9. The first-order valence-electron chi connectivity index (χ1n) is 2.61. The molecule has 0 aromatic rings. The van der Waals surface area contributed by atoms with Gasteiger partial charge < -0.3 is 0 Å². The lowest BCUT2D eigenvalue weighted by atomic mass is 10.3. The van der Waals surface area contributed by atoms with Crippen molar-refractivity contribution in [3.63, 3.8) is 0 Å². The van der Waals surface area contributed by atoms with E-state index in [-0.39, 0.29) is 12.2 Å². The van der Waals surface area contributed by atoms with Gasteiger partial charge in [-0.3, -0.25) is 0 Å². The van der Waals surface area contributed by atoms with Crippen molar-refractivity contribution in [3.8, 4) is 0 Å². The van der Waals surface area contributed by atoms with E-state index < -0.39 is 8.87 Å². The van der Waals surface area contributed by atoms with Gasteiger partial charge in [-0.15, -0.1) is 0 Å². The summed E-state index contributed by atoms with van der Waals surface area (Å²) < 4.78 is 21.0. The summed E-state index contributed by atoms with van der Waals surface area (Å²) >= 11 is 0. The second kappa shape index (κ2) is 3.62. The molecule has 0 radical (unpaired) electrons. The lowest BCUT2D eigenvalue weighted by Gasteiger charge is -2.14. The van der Waals surface area contributed by atoms with E-state index in [1.807, 2.05) is 20.8 Å². The van der Waals surface area contributed by atoms with Crippen LogP contribution in [0, 0.1) is 0 Å². The van der Waals surface area contributed by atoms with Crippen LogP contribution in [-0.2, 0) is 8.87 Å². The average Bonchev–Trinajstić information content (AvgIpc) is 1.14. The Morgan fingerprint density at radius 3 is 1.50 bits per heavy atom. The topological polar surface area (TPSA) is 34.1 Å². The van der Waals surface area contributed by atoms with E-state index in [9.17, 15) is 8.42 Å². The van der Waals surface area contributed by atoms with Crippen LogP contribution in [0.3, 0.4) is 0 Å². The SMILES string of the molecule is C.CC(C)(C)SS(C)(=O)=O. The Morgan fingerprint density at radius 2 is 1.50 bits per heavy atom. The van der Waals surface area contributed by atoms with Crippen molar-refractivity contribution in [1.82, 2.24) is 0 Å². The Hall–Kier alpha value is 0.300. The number of hydrogen-bond acceptors (Lipinski definition) is 3. The Labute approximate surface area is 67.7 Å². The lowest BCUT2D eigenvalue weighted by molar-refractivity contribution is 0.615. The summed E-state index contributed by atoms with van der Waals surface area (Å²) in [5.41, 5.74) is 0. The van der Waals surface area contributed by atoms with Crippen molar-refractivity contribution in [1.29, 1.82) is 0 Å². The van der Waals surface area contributed by atoms with Gasteiger partial charge in [0, 0.05) is 11.0 Å². The van der Waals surface area contributed by atoms with Gasteiger partial charge in [-0.25, -0.2) is 8.42 Å². The van der Waals surface area contributed by atoms with Gasteiger partial charge in [0.15, 0.2) is 8.87 Å². The molecule has 2 nitrogen and oxygen atoms in total. The summed E-state index contributed by atoms with van der Waals surface area (Å²) in [5.74, 6) is 0. The molecule has 0 aliphatic carbocycles. The van der Waals surface area contributed by atoms with Crippen molar-refractivity contribution in [3.05, 3.63) is 0 Å². The van der Waals surface area contributed by atoms with Crippen molar-refractivity contribution in [2.45, 2.75) is 32.9 Å². The highest BCUT2D eigenvalue weighted by atomic mass is 33.1. The monoisotopic (exact) mass is 184 g/mol. The van der Waals surface area contributed by atoms with Crippen LogP contribution in [0.5, 0.6) is 0 Å². The van der Waals surface area contributed by atoms with E-state index in [1.54, 1.807) is 0 Å². The third-order valence-electron chi connectivity index (χ3n) is 0.401. The zero-order valence-corrected chi connectivity index (χ0v) is 7.77. The van der Waals surface area contributed by atoms with Gasteiger partial charge in [-0.1, -0.05) is 7.43 Å². The molecular weight excluding hydrogens is 168 g/mol. The summed E-state index contributed by atoms with van der Waals surface area (Å²) in [6.07, 6.45) is 1.23. The minimum atomic E-state index is -2.87. The highest BCUT2D eigenvalue weighted by molar-refractivity contribution is 8.72. The van der Waals surface area contributed by atoms with E-state index in [0.29, 0.717) is 0 Å². The Balaban J connectivity index is 0. The molecule has 0 bridgehead atoms. The molecule has 0 atom stereocenters. The van der Waals surface area contributed by atoms with Crippen molar-refractivity contribution >= 4 is 19.7 Å². The van der Waals surface area contributed by atoms with Gasteiger partial charge in [0.05, 0.1) is 0 Å². The predicted molar refractivity (Wildman–Crippen MR) is 48.9 cm³/mol. The Morgan fingerprint density at radius 1 is 1.20 bits per heavy atom. The summed E-state index contributed by atoms with van der Waals surface area (Å²) in [6.45, 7) is 5.62. The molecule has 0 spiro atoms. The molecular formula is C6H16O2S2. The molecule has 0 amide bonds. The minimum absolute atomic E-state index is 0. The smallest absolute Gasteiger partial charge is 0.199 e. The third-order valence-corrected chi connectivity index (χ3v) is 3.61. The Bertz CT molecular complexity index is 174. The summed E-state index contributed by atoms with van der Waals surface area (Å²) in [6, 6.07) is 0. The molecule has 0 unspecified atom stereocenters. The van der Waals surface area contributed by atoms with E-state index >= 15 is 0 Å². The van der Waals surface area contributed by atoms with Crippen molar-refractivity contribution in [2.24, 2.45) is 0 Å². The van der Waals surface area contributed by atoms with E-state index in [1.165, 1.54) is 6.26 Å². The van der Waals surface area contributed by atoms with Crippen molar-refractivity contribution < 1.29 is 8.42 Å². The van der Waals surface area contributed by atoms with Crippen LogP contribution >= 0.6 is 10.8 Å². The molecule has 0 aliphatic rings. The highest BCUT2D eigenvalue weighted by Gasteiger charge is 2.17. The quantitative estimate of drug-likeness (QED) is 0.585. The zero-order chi connectivity index (χ0) is 7.71. The molecule has 0 saturated carbocycles. The molecule has 10 heavy (non-hydrogen) atoms. The van der Waals surface area contributed by atoms with Crippen molar-refractivity contribution in [2.75, 3.05) is 6.26 Å². The van der Waals surface area contributed by atoms with Gasteiger partial charge in [-0.2, -0.15) is 0 Å². The molecule has 0 aromatic carbocycles. The average molecular weight is 184 g/mol. The molecule has 0 heterocycles. The molecule has 0 N–H and O–H groups in total. The van der Waals surface area contributed by atoms with Crippen LogP contribution in [0.2, 0.25) is 0 Å². The standard InChI is InChI=1S/C5H12O2S2.CH4/c1-5(2,3)8-9(4,6)7;/h1-4H3;1H4. The fourth-order valence-electron chi connectivity index (χ4n) is 0.454. The molecule has 64 valence electrons. The lowest BCUT2D eigenvalue weighted by Crippen LogP contribution is -2.10. The predicted octanol–water partition coefficient (Wildman–Crippen LogP) is 2.11. The van der Waals surface area contributed by atoms with Crippen LogP contribution in [0.4, 0.5) is 0 Å². The van der Waals surface area contributed by atoms with Crippen LogP contribution in [-0.4, -0.2) is 19.4 Å². The van der Waals surface area contributed by atoms with Gasteiger partial charge in [-0.05, 0) is 31.6 Å². The second-order valence-corrected chi connectivity index (χ2v) is 8.02. The van der Waals surface area contributed by atoms with Gasteiger partial charge in [0.1, 0.15) is 0 Å². The molecule has 0 rings (SSSR count). The highest BCUT2D eigenvalue weighted by Crippen LogP contribution is 2.27. The van der Waals surface area contributed by atoms with Gasteiger partial charge in [0.2, 0.25) is 0 Å². The maximum Gasteiger partial charge on any atom is 0.199 e. The van der Waals surface area contributed by atoms with Crippen LogP contribution in [0.25, 0.3) is 0 Å². The molecule has 0 aromatic heterocycles. The fraction of sp³-hybridized carbons (Fsp3) is 1.00. The summed E-state index contributed by atoms with van der Waals surface area (Å²) in [5, 5.41) is 0. The largest absolute Gasteiger partial charge is 0.218 e. The van der Waals surface area contributed by atoms with Gasteiger partial charge in [0.25, 0.3) is 0 Å². The third kappa shape index (κ3) is 11.1. The second-order valence-electron chi connectivity index (χ2n) is 2.90. The van der Waals surface area contributed by atoms with Crippen LogP contribution in [0.1, 0.15) is 28.2 Å². The maximum absolute atomic E-state index is 10.6.